The zero-order valence-electron chi connectivity index (χ0n) is 14.7. The second-order valence-electron chi connectivity index (χ2n) is 6.71. The smallest absolute Gasteiger partial charge is 0.0595 e. The van der Waals surface area contributed by atoms with Crippen LogP contribution in [0, 0.1) is 6.92 Å². The highest BCUT2D eigenvalue weighted by Crippen LogP contribution is 2.23. The molecule has 0 heterocycles. The molecule has 3 rings (SSSR count). The Morgan fingerprint density at radius 3 is 2.60 bits per heavy atom. The molecule has 0 aliphatic heterocycles. The van der Waals surface area contributed by atoms with Crippen LogP contribution in [0.15, 0.2) is 54.6 Å². The van der Waals surface area contributed by atoms with Crippen molar-refractivity contribution in [1.29, 1.82) is 0 Å². The lowest BCUT2D eigenvalue weighted by molar-refractivity contribution is 0.515. The number of aryl methyl sites for hydroxylation is 2. The number of halogens is 2. The number of nitrogens with one attached hydrogen (secondary N) is 1. The number of rotatable bonds is 6. The maximum Gasteiger partial charge on any atom is 0.0595 e. The summed E-state index contributed by atoms with van der Waals surface area (Å²) >= 11 is 12.1. The molecule has 1 unspecified atom stereocenters. The predicted octanol–water partition coefficient (Wildman–Crippen LogP) is 6.57. The van der Waals surface area contributed by atoms with Crippen LogP contribution in [0.3, 0.4) is 0 Å². The van der Waals surface area contributed by atoms with Crippen LogP contribution < -0.4 is 5.32 Å². The lowest BCUT2D eigenvalue weighted by Crippen LogP contribution is -2.26. The van der Waals surface area contributed by atoms with Gasteiger partial charge in [0.2, 0.25) is 0 Å². The molecule has 0 bridgehead atoms. The Labute approximate surface area is 160 Å². The quantitative estimate of drug-likeness (QED) is 0.516. The molecule has 0 fully saturated rings. The van der Waals surface area contributed by atoms with Gasteiger partial charge >= 0.3 is 0 Å². The van der Waals surface area contributed by atoms with E-state index >= 15 is 0 Å². The molecule has 0 aromatic heterocycles. The molecule has 0 saturated carbocycles. The maximum absolute atomic E-state index is 6.09. The van der Waals surface area contributed by atoms with Gasteiger partial charge in [0, 0.05) is 12.6 Å². The number of fused-ring (bicyclic) bond motifs is 1. The largest absolute Gasteiger partial charge is 0.310 e. The Bertz CT molecular complexity index is 873. The summed E-state index contributed by atoms with van der Waals surface area (Å²) < 4.78 is 0. The van der Waals surface area contributed by atoms with E-state index in [0.29, 0.717) is 16.1 Å². The van der Waals surface area contributed by atoms with E-state index < -0.39 is 0 Å². The van der Waals surface area contributed by atoms with Crippen LogP contribution in [0.4, 0.5) is 0 Å². The van der Waals surface area contributed by atoms with Gasteiger partial charge in [-0.1, -0.05) is 71.2 Å². The molecule has 3 aromatic carbocycles. The lowest BCUT2D eigenvalue weighted by atomic mass is 10.0. The van der Waals surface area contributed by atoms with Crippen molar-refractivity contribution in [2.45, 2.75) is 39.3 Å². The van der Waals surface area contributed by atoms with Crippen molar-refractivity contribution in [3.8, 4) is 0 Å². The standard InChI is InChI=1S/C22H23Cl2N/c1-15-6-10-20-18(12-15)4-3-5-19(20)14-25-16(2)7-8-17-9-11-21(23)22(24)13-17/h3-6,9-13,16,25H,7-8,14H2,1-2H3. The van der Waals surface area contributed by atoms with E-state index in [1.54, 1.807) is 0 Å². The van der Waals surface area contributed by atoms with E-state index in [0.717, 1.165) is 19.4 Å². The van der Waals surface area contributed by atoms with Crippen molar-refractivity contribution in [2.24, 2.45) is 0 Å². The average Bonchev–Trinajstić information content (AvgIpc) is 2.60. The summed E-state index contributed by atoms with van der Waals surface area (Å²) in [6.07, 6.45) is 2.04. The second-order valence-corrected chi connectivity index (χ2v) is 7.53. The van der Waals surface area contributed by atoms with E-state index in [9.17, 15) is 0 Å². The minimum Gasteiger partial charge on any atom is -0.310 e. The normalized spacial score (nSPS) is 12.5. The molecular formula is C22H23Cl2N. The van der Waals surface area contributed by atoms with Gasteiger partial charge in [0.25, 0.3) is 0 Å². The molecule has 3 heteroatoms. The second kappa shape index (κ2) is 8.23. The highest BCUT2D eigenvalue weighted by atomic mass is 35.5. The Morgan fingerprint density at radius 2 is 1.80 bits per heavy atom. The average molecular weight is 372 g/mol. The van der Waals surface area contributed by atoms with Gasteiger partial charge in [-0.2, -0.15) is 0 Å². The van der Waals surface area contributed by atoms with Crippen LogP contribution in [0.1, 0.15) is 30.0 Å². The van der Waals surface area contributed by atoms with Crippen LogP contribution in [-0.2, 0) is 13.0 Å². The molecule has 0 aliphatic rings. The van der Waals surface area contributed by atoms with E-state index in [-0.39, 0.29) is 0 Å². The predicted molar refractivity (Wildman–Crippen MR) is 110 cm³/mol. The lowest BCUT2D eigenvalue weighted by Gasteiger charge is -2.15. The fourth-order valence-electron chi connectivity index (χ4n) is 3.09. The molecule has 25 heavy (non-hydrogen) atoms. The van der Waals surface area contributed by atoms with Crippen LogP contribution in [0.5, 0.6) is 0 Å². The highest BCUT2D eigenvalue weighted by Gasteiger charge is 2.06. The van der Waals surface area contributed by atoms with Crippen molar-refractivity contribution in [3.05, 3.63) is 81.3 Å². The van der Waals surface area contributed by atoms with Gasteiger partial charge in [-0.15, -0.1) is 0 Å². The van der Waals surface area contributed by atoms with Crippen LogP contribution in [0.25, 0.3) is 10.8 Å². The first-order valence-electron chi connectivity index (χ1n) is 8.68. The van der Waals surface area contributed by atoms with Gasteiger partial charge in [-0.3, -0.25) is 0 Å². The summed E-state index contributed by atoms with van der Waals surface area (Å²) in [6.45, 7) is 5.24. The first-order chi connectivity index (χ1) is 12.0. The van der Waals surface area contributed by atoms with Gasteiger partial charge < -0.3 is 5.32 Å². The molecule has 1 atom stereocenters. The minimum absolute atomic E-state index is 0.426. The summed E-state index contributed by atoms with van der Waals surface area (Å²) in [4.78, 5) is 0. The molecule has 3 aromatic rings. The molecule has 0 radical (unpaired) electrons. The van der Waals surface area contributed by atoms with Crippen LogP contribution in [0.2, 0.25) is 10.0 Å². The monoisotopic (exact) mass is 371 g/mol. The molecule has 130 valence electrons. The Kier molecular flexibility index (Phi) is 6.01. The third kappa shape index (κ3) is 4.76. The molecular weight excluding hydrogens is 349 g/mol. The number of benzene rings is 3. The fourth-order valence-corrected chi connectivity index (χ4v) is 3.41. The first-order valence-corrected chi connectivity index (χ1v) is 9.44. The molecule has 0 spiro atoms. The molecule has 0 saturated heterocycles. The van der Waals surface area contributed by atoms with Crippen molar-refractivity contribution in [1.82, 2.24) is 5.32 Å². The Hall–Kier alpha value is -1.54. The van der Waals surface area contributed by atoms with E-state index in [4.69, 9.17) is 23.2 Å². The van der Waals surface area contributed by atoms with Crippen LogP contribution in [-0.4, -0.2) is 6.04 Å². The van der Waals surface area contributed by atoms with Crippen molar-refractivity contribution >= 4 is 34.0 Å². The zero-order chi connectivity index (χ0) is 17.8. The molecule has 1 nitrogen and oxygen atoms in total. The van der Waals surface area contributed by atoms with E-state index in [1.165, 1.54) is 27.5 Å². The Balaban J connectivity index is 1.59. The van der Waals surface area contributed by atoms with Crippen molar-refractivity contribution in [3.63, 3.8) is 0 Å². The van der Waals surface area contributed by atoms with Gasteiger partial charge in [-0.25, -0.2) is 0 Å². The molecule has 0 aliphatic carbocycles. The topological polar surface area (TPSA) is 12.0 Å². The van der Waals surface area contributed by atoms with Gasteiger partial charge in [-0.05, 0) is 60.7 Å². The summed E-state index contributed by atoms with van der Waals surface area (Å²) in [5, 5.41) is 7.53. The summed E-state index contributed by atoms with van der Waals surface area (Å²) in [7, 11) is 0. The number of hydrogen-bond acceptors (Lipinski definition) is 1. The third-order valence-corrected chi connectivity index (χ3v) is 5.36. The summed E-state index contributed by atoms with van der Waals surface area (Å²) in [5.74, 6) is 0. The van der Waals surface area contributed by atoms with Gasteiger partial charge in [0.05, 0.1) is 10.0 Å². The van der Waals surface area contributed by atoms with E-state index in [2.05, 4.69) is 55.6 Å². The molecule has 0 amide bonds. The SMILES string of the molecule is Cc1ccc2c(CNC(C)CCc3ccc(Cl)c(Cl)c3)cccc2c1. The minimum atomic E-state index is 0.426. The van der Waals surface area contributed by atoms with Crippen LogP contribution >= 0.6 is 23.2 Å². The summed E-state index contributed by atoms with van der Waals surface area (Å²) in [6, 6.07) is 19.5. The van der Waals surface area contributed by atoms with Crippen molar-refractivity contribution < 1.29 is 0 Å². The maximum atomic E-state index is 6.09. The Morgan fingerprint density at radius 1 is 0.960 bits per heavy atom. The van der Waals surface area contributed by atoms with Crippen molar-refractivity contribution in [2.75, 3.05) is 0 Å². The molecule has 1 N–H and O–H groups in total. The van der Waals surface area contributed by atoms with Gasteiger partial charge in [0.1, 0.15) is 0 Å². The zero-order valence-corrected chi connectivity index (χ0v) is 16.2. The number of hydrogen-bond donors (Lipinski definition) is 1. The van der Waals surface area contributed by atoms with Gasteiger partial charge in [0.15, 0.2) is 0 Å². The van der Waals surface area contributed by atoms with E-state index in [1.807, 2.05) is 18.2 Å². The highest BCUT2D eigenvalue weighted by molar-refractivity contribution is 6.42. The third-order valence-electron chi connectivity index (χ3n) is 4.62. The fraction of sp³-hybridized carbons (Fsp3) is 0.273. The first kappa shape index (κ1) is 18.3. The summed E-state index contributed by atoms with van der Waals surface area (Å²) in [5.41, 5.74) is 3.87.